The maximum Gasteiger partial charge on any atom is 0.406 e. The lowest BCUT2D eigenvalue weighted by Gasteiger charge is -2.26. The molecule has 2 N–H and O–H groups in total. The summed E-state index contributed by atoms with van der Waals surface area (Å²) in [7, 11) is 1.84. The molecule has 1 saturated heterocycles. The Hall–Kier alpha value is -2.30. The molecule has 0 aliphatic carbocycles. The van der Waals surface area contributed by atoms with Gasteiger partial charge in [-0.3, -0.25) is 4.99 Å². The molecule has 0 bridgehead atoms. The molecule has 0 spiro atoms. The van der Waals surface area contributed by atoms with Crippen molar-refractivity contribution >= 4 is 33.6 Å². The first-order valence-electron chi connectivity index (χ1n) is 9.49. The van der Waals surface area contributed by atoms with Crippen LogP contribution in [0.25, 0.3) is 21.6 Å². The molecule has 0 radical (unpaired) electrons. The number of benzene rings is 1. The third-order valence-corrected chi connectivity index (χ3v) is 6.12. The number of likely N-dealkylation sites (tertiary alicyclic amines) is 1. The number of piperidine rings is 1. The van der Waals surface area contributed by atoms with Crippen molar-refractivity contribution in [1.29, 1.82) is 0 Å². The van der Waals surface area contributed by atoms with Crippen LogP contribution < -0.4 is 5.73 Å². The molecule has 1 aliphatic heterocycles. The number of thiazole rings is 1. The Morgan fingerprint density at radius 3 is 2.80 bits per heavy atom. The molecule has 5 nitrogen and oxygen atoms in total. The van der Waals surface area contributed by atoms with Gasteiger partial charge in [0.15, 0.2) is 6.17 Å². The first-order chi connectivity index (χ1) is 14.2. The lowest BCUT2D eigenvalue weighted by molar-refractivity contribution is -0.139. The highest BCUT2D eigenvalue weighted by Crippen LogP contribution is 2.37. The van der Waals surface area contributed by atoms with Gasteiger partial charge in [-0.05, 0) is 25.2 Å². The number of halogens is 4. The Morgan fingerprint density at radius 2 is 2.13 bits per heavy atom. The third kappa shape index (κ3) is 4.26. The Labute approximate surface area is 174 Å². The fourth-order valence-electron chi connectivity index (χ4n) is 3.63. The van der Waals surface area contributed by atoms with Crippen LogP contribution in [-0.2, 0) is 13.1 Å². The first-order valence-corrected chi connectivity index (χ1v) is 10.3. The summed E-state index contributed by atoms with van der Waals surface area (Å²) < 4.78 is 55.7. The van der Waals surface area contributed by atoms with Crippen LogP contribution in [0.15, 0.2) is 35.5 Å². The second-order valence-electron chi connectivity index (χ2n) is 7.36. The van der Waals surface area contributed by atoms with Crippen molar-refractivity contribution < 1.29 is 17.6 Å². The van der Waals surface area contributed by atoms with Crippen molar-refractivity contribution in [2.75, 3.05) is 20.1 Å². The molecule has 1 atom stereocenters. The first kappa shape index (κ1) is 21.0. The summed E-state index contributed by atoms with van der Waals surface area (Å²) >= 11 is 1.26. The van der Waals surface area contributed by atoms with Gasteiger partial charge in [0.05, 0.1) is 22.6 Å². The van der Waals surface area contributed by atoms with Crippen molar-refractivity contribution in [3.05, 3.63) is 35.3 Å². The molecule has 30 heavy (non-hydrogen) atoms. The second-order valence-corrected chi connectivity index (χ2v) is 8.47. The molecule has 10 heteroatoms. The molecule has 1 aromatic carbocycles. The van der Waals surface area contributed by atoms with Crippen molar-refractivity contribution in [2.24, 2.45) is 10.7 Å². The van der Waals surface area contributed by atoms with Crippen LogP contribution in [0.3, 0.4) is 0 Å². The molecule has 4 rings (SSSR count). The Morgan fingerprint density at radius 1 is 1.33 bits per heavy atom. The SMILES string of the molecule is CN1CC/C(=N\c2cccc3c2cc(-c2ncc(CN)s2)n3CC(F)(F)F)[C@@H](F)C1. The standard InChI is InChI=1S/C20H21F4N5S/c1-28-6-5-16(14(21)10-28)27-15-3-2-4-17-13(15)7-18(29(17)11-20(22,23)24)19-26-9-12(8-25)30-19/h2-4,7,9,14H,5-6,8,10-11,25H2,1H3/b27-16+/t14-/m0/s1. The van der Waals surface area contributed by atoms with Gasteiger partial charge in [-0.25, -0.2) is 9.37 Å². The second kappa shape index (κ2) is 8.09. The van der Waals surface area contributed by atoms with E-state index in [-0.39, 0.29) is 13.1 Å². The van der Waals surface area contributed by atoms with E-state index in [1.165, 1.54) is 15.9 Å². The Bertz CT molecular complexity index is 1080. The summed E-state index contributed by atoms with van der Waals surface area (Å²) in [6.45, 7) is 0.0645. The van der Waals surface area contributed by atoms with Gasteiger partial charge in [0.25, 0.3) is 0 Å². The minimum atomic E-state index is -4.41. The molecule has 0 amide bonds. The van der Waals surface area contributed by atoms with Gasteiger partial charge in [-0.2, -0.15) is 13.2 Å². The Balaban J connectivity index is 1.85. The van der Waals surface area contributed by atoms with Gasteiger partial charge in [0.1, 0.15) is 11.6 Å². The number of nitrogens with zero attached hydrogens (tertiary/aromatic N) is 4. The molecule has 3 heterocycles. The van der Waals surface area contributed by atoms with E-state index in [0.29, 0.717) is 46.0 Å². The summed E-state index contributed by atoms with van der Waals surface area (Å²) in [6.07, 6.45) is -3.55. The van der Waals surface area contributed by atoms with Crippen LogP contribution in [0.5, 0.6) is 0 Å². The minimum Gasteiger partial charge on any atom is -0.329 e. The molecular formula is C20H21F4N5S. The van der Waals surface area contributed by atoms with E-state index in [0.717, 1.165) is 4.88 Å². The number of rotatable bonds is 4. The molecule has 0 saturated carbocycles. The van der Waals surface area contributed by atoms with E-state index in [1.54, 1.807) is 30.5 Å². The van der Waals surface area contributed by atoms with Crippen LogP contribution in [0.1, 0.15) is 11.3 Å². The number of hydrogen-bond donors (Lipinski definition) is 1. The quantitative estimate of drug-likeness (QED) is 0.608. The van der Waals surface area contributed by atoms with Gasteiger partial charge >= 0.3 is 6.18 Å². The van der Waals surface area contributed by atoms with Crippen LogP contribution in [0.2, 0.25) is 0 Å². The predicted octanol–water partition coefficient (Wildman–Crippen LogP) is 4.53. The number of aliphatic imine (C=N–C) groups is 1. The van der Waals surface area contributed by atoms with E-state index in [9.17, 15) is 17.6 Å². The highest BCUT2D eigenvalue weighted by molar-refractivity contribution is 7.15. The van der Waals surface area contributed by atoms with Crippen LogP contribution in [0, 0.1) is 0 Å². The normalized spacial score (nSPS) is 19.8. The molecule has 160 valence electrons. The predicted molar refractivity (Wildman–Crippen MR) is 111 cm³/mol. The van der Waals surface area contributed by atoms with E-state index < -0.39 is 18.9 Å². The molecule has 2 aromatic heterocycles. The zero-order valence-corrected chi connectivity index (χ0v) is 17.1. The van der Waals surface area contributed by atoms with Gasteiger partial charge < -0.3 is 15.2 Å². The average molecular weight is 439 g/mol. The smallest absolute Gasteiger partial charge is 0.329 e. The van der Waals surface area contributed by atoms with E-state index in [2.05, 4.69) is 9.98 Å². The van der Waals surface area contributed by atoms with E-state index >= 15 is 0 Å². The maximum absolute atomic E-state index is 14.5. The summed E-state index contributed by atoms with van der Waals surface area (Å²) in [5, 5.41) is 0.997. The van der Waals surface area contributed by atoms with E-state index in [4.69, 9.17) is 5.73 Å². The molecule has 1 aliphatic rings. The van der Waals surface area contributed by atoms with Crippen LogP contribution >= 0.6 is 11.3 Å². The van der Waals surface area contributed by atoms with Crippen molar-refractivity contribution in [2.45, 2.75) is 31.9 Å². The zero-order valence-electron chi connectivity index (χ0n) is 16.3. The topological polar surface area (TPSA) is 59.4 Å². The minimum absolute atomic E-state index is 0.260. The van der Waals surface area contributed by atoms with Gasteiger partial charge in [-0.1, -0.05) is 6.07 Å². The molecule has 0 unspecified atom stereocenters. The summed E-state index contributed by atoms with van der Waals surface area (Å²) in [5.74, 6) is 0. The summed E-state index contributed by atoms with van der Waals surface area (Å²) in [5.41, 5.74) is 7.25. The Kier molecular flexibility index (Phi) is 5.65. The molecular weight excluding hydrogens is 418 g/mol. The largest absolute Gasteiger partial charge is 0.406 e. The van der Waals surface area contributed by atoms with Crippen molar-refractivity contribution in [3.8, 4) is 10.7 Å². The fourth-order valence-corrected chi connectivity index (χ4v) is 4.44. The van der Waals surface area contributed by atoms with Crippen LogP contribution in [-0.4, -0.2) is 52.6 Å². The number of alkyl halides is 4. The lowest BCUT2D eigenvalue weighted by atomic mass is 10.1. The summed E-state index contributed by atoms with van der Waals surface area (Å²) in [4.78, 5) is 11.4. The number of aromatic nitrogens is 2. The van der Waals surface area contributed by atoms with E-state index in [1.807, 2.05) is 11.9 Å². The lowest BCUT2D eigenvalue weighted by Crippen LogP contribution is -2.39. The monoisotopic (exact) mass is 439 g/mol. The van der Waals surface area contributed by atoms with Gasteiger partial charge in [-0.15, -0.1) is 11.3 Å². The fraction of sp³-hybridized carbons (Fsp3) is 0.400. The van der Waals surface area contributed by atoms with Crippen LogP contribution in [0.4, 0.5) is 23.2 Å². The molecule has 3 aromatic rings. The highest BCUT2D eigenvalue weighted by atomic mass is 32.1. The number of hydrogen-bond acceptors (Lipinski definition) is 5. The maximum atomic E-state index is 14.5. The van der Waals surface area contributed by atoms with Gasteiger partial charge in [0, 0.05) is 42.5 Å². The van der Waals surface area contributed by atoms with Crippen molar-refractivity contribution in [1.82, 2.24) is 14.5 Å². The number of fused-ring (bicyclic) bond motifs is 1. The molecule has 1 fully saturated rings. The van der Waals surface area contributed by atoms with Crippen molar-refractivity contribution in [3.63, 3.8) is 0 Å². The zero-order chi connectivity index (χ0) is 21.5. The average Bonchev–Trinajstić information content (AvgIpc) is 3.28. The highest BCUT2D eigenvalue weighted by Gasteiger charge is 2.31. The third-order valence-electron chi connectivity index (χ3n) is 5.08. The van der Waals surface area contributed by atoms with Gasteiger partial charge in [0.2, 0.25) is 0 Å². The number of nitrogens with two attached hydrogens (primary N) is 1. The summed E-state index contributed by atoms with van der Waals surface area (Å²) in [6, 6.07) is 6.62.